The lowest BCUT2D eigenvalue weighted by molar-refractivity contribution is 0.169. The maximum Gasteiger partial charge on any atom is 0.184 e. The molecule has 1 unspecified atom stereocenters. The van der Waals surface area contributed by atoms with Crippen molar-refractivity contribution in [3.05, 3.63) is 0 Å². The molecular formula is C14H36N2OSi2. The van der Waals surface area contributed by atoms with E-state index in [9.17, 15) is 0 Å². The summed E-state index contributed by atoms with van der Waals surface area (Å²) in [6.07, 6.45) is 5.36. The van der Waals surface area contributed by atoms with Crippen molar-refractivity contribution in [2.75, 3.05) is 13.2 Å². The molecule has 116 valence electrons. The zero-order valence-electron chi connectivity index (χ0n) is 14.0. The molecule has 0 aliphatic rings. The lowest BCUT2D eigenvalue weighted by Crippen LogP contribution is -2.33. The quantitative estimate of drug-likeness (QED) is 0.348. The Morgan fingerprint density at radius 2 is 1.58 bits per heavy atom. The van der Waals surface area contributed by atoms with Crippen molar-refractivity contribution in [3.8, 4) is 0 Å². The first-order chi connectivity index (χ1) is 8.64. The summed E-state index contributed by atoms with van der Waals surface area (Å²) in [5, 5.41) is 3.19. The molecule has 19 heavy (non-hydrogen) atoms. The van der Waals surface area contributed by atoms with Gasteiger partial charge in [-0.25, -0.2) is 0 Å². The molecule has 0 heterocycles. The predicted octanol–water partition coefficient (Wildman–Crippen LogP) is 3.61. The summed E-state index contributed by atoms with van der Waals surface area (Å²) in [4.78, 5) is 0. The molecule has 0 aromatic carbocycles. The molecule has 0 bridgehead atoms. The van der Waals surface area contributed by atoms with E-state index in [1.54, 1.807) is 0 Å². The highest BCUT2D eigenvalue weighted by atomic mass is 28.4. The van der Waals surface area contributed by atoms with Crippen LogP contribution in [-0.2, 0) is 4.43 Å². The minimum Gasteiger partial charge on any atom is -0.415 e. The Labute approximate surface area is 122 Å². The van der Waals surface area contributed by atoms with Crippen LogP contribution in [-0.4, -0.2) is 35.7 Å². The van der Waals surface area contributed by atoms with Gasteiger partial charge in [0.1, 0.15) is 0 Å². The molecule has 0 amide bonds. The second kappa shape index (κ2) is 9.29. The topological polar surface area (TPSA) is 47.3 Å². The molecule has 0 saturated carbocycles. The Hall–Kier alpha value is 0.314. The van der Waals surface area contributed by atoms with Gasteiger partial charge in [0.2, 0.25) is 0 Å². The largest absolute Gasteiger partial charge is 0.415 e. The fraction of sp³-hybridized carbons (Fsp3) is 1.00. The number of rotatable bonds is 11. The van der Waals surface area contributed by atoms with Crippen LogP contribution < -0.4 is 11.1 Å². The van der Waals surface area contributed by atoms with Crippen molar-refractivity contribution < 1.29 is 4.43 Å². The van der Waals surface area contributed by atoms with Gasteiger partial charge in [0, 0.05) is 20.8 Å². The maximum absolute atomic E-state index is 6.33. The van der Waals surface area contributed by atoms with E-state index in [2.05, 4.69) is 44.6 Å². The Balaban J connectivity index is 4.04. The third kappa shape index (κ3) is 14.5. The number of hydrogen-bond acceptors (Lipinski definition) is 3. The van der Waals surface area contributed by atoms with Crippen LogP contribution in [0.4, 0.5) is 0 Å². The zero-order chi connectivity index (χ0) is 14.9. The first kappa shape index (κ1) is 19.3. The minimum atomic E-state index is -1.42. The van der Waals surface area contributed by atoms with Crippen LogP contribution in [0.1, 0.15) is 25.7 Å². The second-order valence-electron chi connectivity index (χ2n) is 7.65. The normalized spacial score (nSPS) is 14.7. The molecule has 0 aromatic heterocycles. The van der Waals surface area contributed by atoms with Gasteiger partial charge in [0.25, 0.3) is 0 Å². The van der Waals surface area contributed by atoms with Crippen molar-refractivity contribution in [1.82, 2.24) is 5.32 Å². The van der Waals surface area contributed by atoms with Gasteiger partial charge >= 0.3 is 0 Å². The second-order valence-corrected chi connectivity index (χ2v) is 17.7. The van der Waals surface area contributed by atoms with Crippen molar-refractivity contribution >= 4 is 16.4 Å². The zero-order valence-corrected chi connectivity index (χ0v) is 16.0. The molecular weight excluding hydrogens is 268 g/mol. The third-order valence-corrected chi connectivity index (χ3v) is 5.89. The van der Waals surface area contributed by atoms with Gasteiger partial charge < -0.3 is 15.5 Å². The monoisotopic (exact) mass is 304 g/mol. The van der Waals surface area contributed by atoms with Crippen LogP contribution in [0.2, 0.25) is 45.3 Å². The number of hydrogen-bond donors (Lipinski definition) is 2. The van der Waals surface area contributed by atoms with Crippen molar-refractivity contribution in [3.63, 3.8) is 0 Å². The Kier molecular flexibility index (Phi) is 9.44. The summed E-state index contributed by atoms with van der Waals surface area (Å²) in [5.41, 5.74) is 5.44. The molecule has 0 rings (SSSR count). The third-order valence-electron chi connectivity index (χ3n) is 3.00. The first-order valence-electron chi connectivity index (χ1n) is 7.73. The molecule has 0 aromatic rings. The SMILES string of the molecule is C[Si](C)(C)CCCC(CCCNCN)O[Si](C)(C)C. The molecule has 0 saturated heterocycles. The highest BCUT2D eigenvalue weighted by Crippen LogP contribution is 2.20. The van der Waals surface area contributed by atoms with Crippen LogP contribution in [0.5, 0.6) is 0 Å². The molecule has 3 nitrogen and oxygen atoms in total. The summed E-state index contributed by atoms with van der Waals surface area (Å²) in [6, 6.07) is 1.42. The first-order valence-corrected chi connectivity index (χ1v) is 14.8. The van der Waals surface area contributed by atoms with Crippen LogP contribution in [0, 0.1) is 0 Å². The Bertz CT molecular complexity index is 224. The van der Waals surface area contributed by atoms with Crippen molar-refractivity contribution in [2.24, 2.45) is 5.73 Å². The van der Waals surface area contributed by atoms with Crippen molar-refractivity contribution in [2.45, 2.75) is 77.1 Å². The summed E-state index contributed by atoms with van der Waals surface area (Å²) >= 11 is 0. The van der Waals surface area contributed by atoms with Crippen LogP contribution in [0.15, 0.2) is 0 Å². The van der Waals surface area contributed by atoms with Gasteiger partial charge in [-0.05, 0) is 45.4 Å². The van der Waals surface area contributed by atoms with Crippen LogP contribution >= 0.6 is 0 Å². The fourth-order valence-corrected chi connectivity index (χ4v) is 4.68. The molecule has 0 aliphatic heterocycles. The van der Waals surface area contributed by atoms with Gasteiger partial charge in [-0.1, -0.05) is 32.1 Å². The highest BCUT2D eigenvalue weighted by molar-refractivity contribution is 6.76. The van der Waals surface area contributed by atoms with Crippen molar-refractivity contribution in [1.29, 1.82) is 0 Å². The Morgan fingerprint density at radius 3 is 2.05 bits per heavy atom. The van der Waals surface area contributed by atoms with E-state index in [4.69, 9.17) is 10.2 Å². The van der Waals surface area contributed by atoms with Crippen LogP contribution in [0.25, 0.3) is 0 Å². The highest BCUT2D eigenvalue weighted by Gasteiger charge is 2.21. The van der Waals surface area contributed by atoms with Gasteiger partial charge in [-0.2, -0.15) is 0 Å². The molecule has 3 N–H and O–H groups in total. The molecule has 5 heteroatoms. The fourth-order valence-electron chi connectivity index (χ4n) is 2.18. The van der Waals surface area contributed by atoms with E-state index < -0.39 is 16.4 Å². The lowest BCUT2D eigenvalue weighted by atomic mass is 10.1. The summed E-state index contributed by atoms with van der Waals surface area (Å²) < 4.78 is 6.33. The molecule has 0 fully saturated rings. The van der Waals surface area contributed by atoms with Gasteiger partial charge in [0.05, 0.1) is 0 Å². The van der Waals surface area contributed by atoms with E-state index in [0.29, 0.717) is 12.8 Å². The summed E-state index contributed by atoms with van der Waals surface area (Å²) in [7, 11) is -2.32. The van der Waals surface area contributed by atoms with Gasteiger partial charge in [-0.3, -0.25) is 0 Å². The molecule has 0 radical (unpaired) electrons. The maximum atomic E-state index is 6.33. The smallest absolute Gasteiger partial charge is 0.184 e. The summed E-state index contributed by atoms with van der Waals surface area (Å²) in [6.45, 7) is 15.8. The van der Waals surface area contributed by atoms with Gasteiger partial charge in [0.15, 0.2) is 8.32 Å². The van der Waals surface area contributed by atoms with E-state index in [-0.39, 0.29) is 0 Å². The summed E-state index contributed by atoms with van der Waals surface area (Å²) in [5.74, 6) is 0. The predicted molar refractivity (Wildman–Crippen MR) is 91.9 cm³/mol. The van der Waals surface area contributed by atoms with E-state index in [0.717, 1.165) is 6.54 Å². The number of nitrogens with two attached hydrogens (primary N) is 1. The van der Waals surface area contributed by atoms with Crippen LogP contribution in [0.3, 0.4) is 0 Å². The average Bonchev–Trinajstić information content (AvgIpc) is 2.20. The number of nitrogens with one attached hydrogen (secondary N) is 1. The minimum absolute atomic E-state index is 0.461. The van der Waals surface area contributed by atoms with E-state index in [1.807, 2.05) is 0 Å². The van der Waals surface area contributed by atoms with E-state index >= 15 is 0 Å². The Morgan fingerprint density at radius 1 is 1.00 bits per heavy atom. The molecule has 0 aliphatic carbocycles. The molecule has 0 spiro atoms. The standard InChI is InChI=1S/C14H36N2OSi2/c1-18(2,3)12-8-10-14(17-19(4,5)6)9-7-11-16-13-15/h14,16H,7-13,15H2,1-6H3. The van der Waals surface area contributed by atoms with Gasteiger partial charge in [-0.15, -0.1) is 0 Å². The average molecular weight is 305 g/mol. The lowest BCUT2D eigenvalue weighted by Gasteiger charge is -2.27. The van der Waals surface area contributed by atoms with E-state index in [1.165, 1.54) is 31.7 Å². The molecule has 1 atom stereocenters.